The number of nitrogens with one attached hydrogen (secondary N) is 1. The van der Waals surface area contributed by atoms with E-state index in [0.717, 1.165) is 0 Å². The first-order chi connectivity index (χ1) is 33.1. The fourth-order valence-electron chi connectivity index (χ4n) is 5.92. The van der Waals surface area contributed by atoms with Crippen molar-refractivity contribution >= 4 is 45.2 Å². The number of nitrogens with zero attached hydrogens (tertiary/aromatic N) is 2. The number of rotatable bonds is 41. The molecule has 22 heteroatoms. The van der Waals surface area contributed by atoms with Crippen molar-refractivity contribution in [3.8, 4) is 0 Å². The molecule has 0 saturated heterocycles. The summed E-state index contributed by atoms with van der Waals surface area (Å²) in [5.74, 6) is -1.43. The smallest absolute Gasteiger partial charge is 0.305 e. The highest BCUT2D eigenvalue weighted by Gasteiger charge is 2.24. The predicted octanol–water partition coefficient (Wildman–Crippen LogP) is 2.86. The number of aliphatic carboxylic acids is 1. The first-order valence-electron chi connectivity index (χ1n) is 22.8. The van der Waals surface area contributed by atoms with E-state index in [1.54, 1.807) is 19.1 Å². The van der Waals surface area contributed by atoms with Crippen LogP contribution < -0.4 is 11.1 Å². The Kier molecular flexibility index (Phi) is 30.3. The number of aliphatic imine (C=N–C) groups is 1. The summed E-state index contributed by atoms with van der Waals surface area (Å²) in [6.45, 7) is 12.7. The number of hydrogen-bond donors (Lipinski definition) is 3. The Morgan fingerprint density at radius 2 is 1.09 bits per heavy atom. The quantitative estimate of drug-likeness (QED) is 0.0639. The van der Waals surface area contributed by atoms with Gasteiger partial charge in [0.05, 0.1) is 161 Å². The molecule has 0 saturated carbocycles. The number of carbonyl (C=O) groups excluding carboxylic acids is 2. The van der Waals surface area contributed by atoms with Gasteiger partial charge in [-0.05, 0) is 55.8 Å². The van der Waals surface area contributed by atoms with E-state index in [4.69, 9.17) is 63.0 Å². The second kappa shape index (κ2) is 35.6. The maximum Gasteiger partial charge on any atom is 0.305 e. The van der Waals surface area contributed by atoms with Crippen molar-refractivity contribution in [2.75, 3.05) is 152 Å². The van der Waals surface area contributed by atoms with Gasteiger partial charge in [0.1, 0.15) is 5.84 Å². The molecule has 3 rings (SSSR count). The maximum atomic E-state index is 13.6. The molecule has 68 heavy (non-hydrogen) atoms. The summed E-state index contributed by atoms with van der Waals surface area (Å²) in [5, 5.41) is 12.6. The van der Waals surface area contributed by atoms with Crippen molar-refractivity contribution in [1.82, 2.24) is 10.4 Å². The largest absolute Gasteiger partial charge is 0.481 e. The summed E-state index contributed by atoms with van der Waals surface area (Å²) < 4.78 is 81.4. The standard InChI is InChI=1S/C46H70N4O17S/c1-3-13-50(67-4-2)46(54)39-34-38-7-10-41(36-42(38)49-43(47)35-39)68(55,56)40-8-5-37(6-9-40)45(53)48-12-15-58-17-19-60-21-23-62-25-27-64-29-31-66-33-32-65-30-28-63-26-24-61-22-20-59-18-16-57-14-11-44(51)52/h5-10,34,36H,3-4,11-33,35H2,1-2H3,(H2,47,49)(H,48,53)(H,51,52). The average Bonchev–Trinajstić information content (AvgIpc) is 3.50. The van der Waals surface area contributed by atoms with Gasteiger partial charge in [-0.1, -0.05) is 13.0 Å². The van der Waals surface area contributed by atoms with Crippen molar-refractivity contribution in [2.45, 2.75) is 42.9 Å². The van der Waals surface area contributed by atoms with Crippen LogP contribution in [0.25, 0.3) is 6.08 Å². The molecule has 2 amide bonds. The van der Waals surface area contributed by atoms with E-state index in [2.05, 4.69) is 10.3 Å². The molecule has 21 nitrogen and oxygen atoms in total. The summed E-state index contributed by atoms with van der Waals surface area (Å²) in [5.41, 5.74) is 7.68. The molecule has 1 aliphatic heterocycles. The highest BCUT2D eigenvalue weighted by atomic mass is 32.2. The van der Waals surface area contributed by atoms with Gasteiger partial charge in [-0.3, -0.25) is 19.2 Å². The zero-order valence-electron chi connectivity index (χ0n) is 39.4. The lowest BCUT2D eigenvalue weighted by atomic mass is 10.1. The normalized spacial score (nSPS) is 12.6. The number of carboxylic acid groups (broad SMARTS) is 1. The Morgan fingerprint density at radius 3 is 1.53 bits per heavy atom. The SMILES string of the molecule is CCCN(OCC)C(=O)C1=Cc2ccc(S(=O)(=O)c3ccc(C(=O)NCCOCCOCCOCCOCCOCCOCCOCCOCCOCCOCCC(=O)O)cc3)cc2N=C(N)C1. The van der Waals surface area contributed by atoms with Gasteiger partial charge in [0, 0.05) is 36.2 Å². The molecule has 0 aromatic heterocycles. The van der Waals surface area contributed by atoms with E-state index >= 15 is 0 Å². The number of amides is 2. The van der Waals surface area contributed by atoms with Gasteiger partial charge >= 0.3 is 5.97 Å². The highest BCUT2D eigenvalue weighted by Crippen LogP contribution is 2.32. The first kappa shape index (κ1) is 57.9. The number of ether oxygens (including phenoxy) is 10. The van der Waals surface area contributed by atoms with Gasteiger partial charge in [0.25, 0.3) is 11.8 Å². The van der Waals surface area contributed by atoms with E-state index in [1.807, 2.05) is 6.92 Å². The third-order valence-corrected chi connectivity index (χ3v) is 11.0. The fraction of sp³-hybridized carbons (Fsp3) is 0.609. The van der Waals surface area contributed by atoms with Crippen molar-refractivity contribution < 1.29 is 80.1 Å². The average molecular weight is 983 g/mol. The van der Waals surface area contributed by atoms with E-state index in [-0.39, 0.29) is 65.6 Å². The van der Waals surface area contributed by atoms with Crippen LogP contribution in [-0.4, -0.2) is 194 Å². The predicted molar refractivity (Wildman–Crippen MR) is 249 cm³/mol. The van der Waals surface area contributed by atoms with Gasteiger partial charge in [-0.2, -0.15) is 0 Å². The van der Waals surface area contributed by atoms with Crippen molar-refractivity contribution in [3.05, 3.63) is 59.2 Å². The summed E-state index contributed by atoms with van der Waals surface area (Å²) in [6.07, 6.45) is 2.42. The maximum absolute atomic E-state index is 13.6. The van der Waals surface area contributed by atoms with E-state index < -0.39 is 15.8 Å². The fourth-order valence-corrected chi connectivity index (χ4v) is 7.20. The molecule has 1 aliphatic rings. The summed E-state index contributed by atoms with van der Waals surface area (Å²) in [4.78, 5) is 46.2. The number of sulfone groups is 1. The van der Waals surface area contributed by atoms with Crippen LogP contribution >= 0.6 is 0 Å². The Balaban J connectivity index is 1.13. The van der Waals surface area contributed by atoms with Crippen molar-refractivity contribution in [3.63, 3.8) is 0 Å². The number of hydrogen-bond acceptors (Lipinski definition) is 18. The van der Waals surface area contributed by atoms with Crippen LogP contribution in [0.4, 0.5) is 5.69 Å². The van der Waals surface area contributed by atoms with Gasteiger partial charge in [-0.25, -0.2) is 18.5 Å². The lowest BCUT2D eigenvalue weighted by Crippen LogP contribution is -2.34. The highest BCUT2D eigenvalue weighted by molar-refractivity contribution is 7.91. The minimum Gasteiger partial charge on any atom is -0.481 e. The van der Waals surface area contributed by atoms with Crippen LogP contribution in [0.15, 0.2) is 62.8 Å². The second-order valence-corrected chi connectivity index (χ2v) is 16.5. The monoisotopic (exact) mass is 982 g/mol. The lowest BCUT2D eigenvalue weighted by Gasteiger charge is -2.21. The molecule has 2 aromatic rings. The van der Waals surface area contributed by atoms with Crippen LogP contribution in [0, 0.1) is 0 Å². The Bertz CT molecular complexity index is 1910. The van der Waals surface area contributed by atoms with E-state index in [1.165, 1.54) is 41.5 Å². The molecule has 0 radical (unpaired) electrons. The van der Waals surface area contributed by atoms with Gasteiger partial charge in [0.2, 0.25) is 9.84 Å². The van der Waals surface area contributed by atoms with Crippen LogP contribution in [0.3, 0.4) is 0 Å². The number of nitrogens with two attached hydrogens (primary N) is 1. The van der Waals surface area contributed by atoms with E-state index in [9.17, 15) is 22.8 Å². The topological polar surface area (TPSA) is 261 Å². The number of carboxylic acids is 1. The molecule has 0 aliphatic carbocycles. The molecule has 0 unspecified atom stereocenters. The Hall–Kier alpha value is -4.43. The zero-order chi connectivity index (χ0) is 49.1. The first-order valence-corrected chi connectivity index (χ1v) is 24.3. The summed E-state index contributed by atoms with van der Waals surface area (Å²) in [6, 6.07) is 10.1. The molecule has 1 heterocycles. The Morgan fingerprint density at radius 1 is 0.647 bits per heavy atom. The Labute approximate surface area is 399 Å². The van der Waals surface area contributed by atoms with Gasteiger partial charge < -0.3 is 63.5 Å². The van der Waals surface area contributed by atoms with Gasteiger partial charge in [0.15, 0.2) is 0 Å². The third-order valence-electron chi connectivity index (χ3n) is 9.26. The van der Waals surface area contributed by atoms with Crippen molar-refractivity contribution in [1.29, 1.82) is 0 Å². The molecule has 0 spiro atoms. The lowest BCUT2D eigenvalue weighted by molar-refractivity contribution is -0.180. The zero-order valence-corrected chi connectivity index (χ0v) is 40.2. The summed E-state index contributed by atoms with van der Waals surface area (Å²) in [7, 11) is -3.98. The minimum atomic E-state index is -3.98. The van der Waals surface area contributed by atoms with Crippen LogP contribution in [-0.2, 0) is 71.6 Å². The van der Waals surface area contributed by atoms with Gasteiger partial charge in [-0.15, -0.1) is 0 Å². The molecule has 382 valence electrons. The molecule has 2 aromatic carbocycles. The molecule has 0 atom stereocenters. The number of hydroxylamine groups is 2. The number of amidine groups is 1. The third kappa shape index (κ3) is 24.2. The number of fused-ring (bicyclic) bond motifs is 1. The molecule has 0 fully saturated rings. The molecule has 4 N–H and O–H groups in total. The molecular formula is C46H70N4O17S. The van der Waals surface area contributed by atoms with Crippen LogP contribution in [0.5, 0.6) is 0 Å². The minimum absolute atomic E-state index is 0.00259. The van der Waals surface area contributed by atoms with Crippen LogP contribution in [0.1, 0.15) is 49.0 Å². The number of benzene rings is 2. The number of carbonyl (C=O) groups is 3. The van der Waals surface area contributed by atoms with Crippen LogP contribution in [0.2, 0.25) is 0 Å². The second-order valence-electron chi connectivity index (χ2n) is 14.5. The van der Waals surface area contributed by atoms with E-state index in [0.29, 0.717) is 155 Å². The molecular weight excluding hydrogens is 913 g/mol. The summed E-state index contributed by atoms with van der Waals surface area (Å²) >= 11 is 0. The van der Waals surface area contributed by atoms with Crippen molar-refractivity contribution in [2.24, 2.45) is 10.7 Å². The molecule has 0 bridgehead atoms.